The van der Waals surface area contributed by atoms with Gasteiger partial charge in [-0.15, -0.1) is 9.24 Å². The molecule has 8 saturated carbocycles. The molecule has 2 aromatic heterocycles. The van der Waals surface area contributed by atoms with Gasteiger partial charge in [0, 0.05) is 10.8 Å². The Bertz CT molecular complexity index is 2220. The first kappa shape index (κ1) is 38.7. The van der Waals surface area contributed by atoms with Gasteiger partial charge in [0.15, 0.2) is 0 Å². The number of aromatic nitrogens is 2. The molecule has 8 fully saturated rings. The topological polar surface area (TPSA) is 25.8 Å². The molecule has 13 rings (SSSR count). The molecule has 0 saturated heterocycles. The molecule has 58 heavy (non-hydrogen) atoms. The fourth-order valence-electron chi connectivity index (χ4n) is 14.8. The molecular weight excluding hydrogens is 771 g/mol. The first-order valence-corrected chi connectivity index (χ1v) is 32.5. The van der Waals surface area contributed by atoms with E-state index in [-0.39, 0.29) is 7.92 Å². The Hall–Kier alpha value is -2.23. The third-order valence-corrected chi connectivity index (χ3v) is 25.9. The highest BCUT2D eigenvalue weighted by molar-refractivity contribution is 7.58. The maximum absolute atomic E-state index is 5.63. The van der Waals surface area contributed by atoms with Gasteiger partial charge in [-0.2, -0.15) is 0 Å². The monoisotopic (exact) mass is 836 g/mol. The summed E-state index contributed by atoms with van der Waals surface area (Å²) < 4.78 is 0. The number of fused-ring (bicyclic) bond motifs is 2. The lowest BCUT2D eigenvalue weighted by atomic mass is 9.55. The highest BCUT2D eigenvalue weighted by Gasteiger charge is 2.57. The van der Waals surface area contributed by atoms with E-state index in [2.05, 4.69) is 133 Å². The van der Waals surface area contributed by atoms with E-state index >= 15 is 0 Å². The Labute approximate surface area is 354 Å². The van der Waals surface area contributed by atoms with Gasteiger partial charge in [-0.1, -0.05) is 118 Å². The minimum absolute atomic E-state index is 0.204. The van der Waals surface area contributed by atoms with Gasteiger partial charge in [0.2, 0.25) is 0 Å². The molecule has 6 heteroatoms. The van der Waals surface area contributed by atoms with Crippen LogP contribution in [0, 0.1) is 47.3 Å². The van der Waals surface area contributed by atoms with Gasteiger partial charge in [0.25, 0.3) is 0 Å². The van der Waals surface area contributed by atoms with Gasteiger partial charge in [0.1, 0.15) is 0 Å². The molecule has 5 aromatic rings. The average molecular weight is 837 g/mol. The van der Waals surface area contributed by atoms with Crippen LogP contribution in [0.25, 0.3) is 21.8 Å². The molecule has 0 aliphatic heterocycles. The van der Waals surface area contributed by atoms with E-state index in [1.807, 2.05) is 0 Å². The van der Waals surface area contributed by atoms with Gasteiger partial charge < -0.3 is 0 Å². The fraction of sp³-hybridized carbons (Fsp3) is 0.538. The summed E-state index contributed by atoms with van der Waals surface area (Å²) in [7, 11) is -0.180. The molecule has 0 radical (unpaired) electrons. The standard InChI is InChI=1S/C52H66N2P2Si2/c1-57(2,3)46-29-42(31-56(50-38-21-32-19-33(23-38)24-39(50)22-32)51-40-25-34-20-35(27-40)28-41(51)26-34)43(30-47(46)58(4,5)6)52(55,48-17-15-36-11-7-9-13-44(36)53-48)49-18-16-37-12-8-10-14-45(37)54-49/h7-18,29-30,32-35,38-41,50-51H,19-28,31,55H2,1-6H3. The van der Waals surface area contributed by atoms with Crippen LogP contribution in [0.3, 0.4) is 0 Å². The normalized spacial score (nSPS) is 32.1. The molecule has 0 spiro atoms. The maximum Gasteiger partial charge on any atom is 0.0936 e. The predicted molar refractivity (Wildman–Crippen MR) is 258 cm³/mol. The lowest BCUT2D eigenvalue weighted by Crippen LogP contribution is -2.57. The van der Waals surface area contributed by atoms with E-state index < -0.39 is 21.3 Å². The first-order valence-electron chi connectivity index (χ1n) is 23.2. The van der Waals surface area contributed by atoms with Gasteiger partial charge in [-0.3, -0.25) is 9.97 Å². The summed E-state index contributed by atoms with van der Waals surface area (Å²) in [4.78, 5) is 11.3. The molecule has 8 bridgehead atoms. The van der Waals surface area contributed by atoms with Crippen molar-refractivity contribution in [3.8, 4) is 0 Å². The number of rotatable bonds is 9. The van der Waals surface area contributed by atoms with Crippen LogP contribution >= 0.6 is 17.2 Å². The molecule has 8 aliphatic rings. The van der Waals surface area contributed by atoms with Crippen LogP contribution in [-0.4, -0.2) is 37.4 Å². The molecule has 1 unspecified atom stereocenters. The summed E-state index contributed by atoms with van der Waals surface area (Å²) >= 11 is 0. The maximum atomic E-state index is 5.63. The number of nitrogens with zero attached hydrogens (tertiary/aromatic N) is 2. The van der Waals surface area contributed by atoms with Crippen molar-refractivity contribution in [3.05, 3.63) is 107 Å². The van der Waals surface area contributed by atoms with Crippen LogP contribution in [0.4, 0.5) is 0 Å². The van der Waals surface area contributed by atoms with Crippen LogP contribution in [0.2, 0.25) is 39.3 Å². The van der Waals surface area contributed by atoms with E-state index in [1.54, 1.807) is 80.1 Å². The number of benzene rings is 3. The molecule has 302 valence electrons. The molecule has 3 aromatic carbocycles. The summed E-state index contributed by atoms with van der Waals surface area (Å²) in [6, 6.07) is 32.4. The second-order valence-electron chi connectivity index (χ2n) is 22.7. The van der Waals surface area contributed by atoms with E-state index in [9.17, 15) is 0 Å². The van der Waals surface area contributed by atoms with E-state index in [4.69, 9.17) is 9.97 Å². The lowest BCUT2D eigenvalue weighted by molar-refractivity contribution is 0.0129. The second kappa shape index (κ2) is 14.2. The largest absolute Gasteiger partial charge is 0.251 e. The van der Waals surface area contributed by atoms with Crippen molar-refractivity contribution in [2.45, 2.75) is 126 Å². The number of para-hydroxylation sites is 2. The Balaban J connectivity index is 1.16. The fourth-order valence-corrected chi connectivity index (χ4v) is 25.2. The van der Waals surface area contributed by atoms with Crippen LogP contribution in [0.15, 0.2) is 84.9 Å². The summed E-state index contributed by atoms with van der Waals surface area (Å²) in [6.45, 7) is 15.7. The van der Waals surface area contributed by atoms with Crippen molar-refractivity contribution in [2.75, 3.05) is 0 Å². The summed E-state index contributed by atoms with van der Waals surface area (Å²) in [6.07, 6.45) is 16.7. The highest BCUT2D eigenvalue weighted by Crippen LogP contribution is 2.72. The Kier molecular flexibility index (Phi) is 9.44. The van der Waals surface area contributed by atoms with Crippen LogP contribution in [0.1, 0.15) is 86.7 Å². The van der Waals surface area contributed by atoms with E-state index in [0.717, 1.165) is 81.1 Å². The van der Waals surface area contributed by atoms with Crippen LogP contribution < -0.4 is 10.4 Å². The van der Waals surface area contributed by atoms with Crippen LogP contribution in [0.5, 0.6) is 0 Å². The van der Waals surface area contributed by atoms with Gasteiger partial charge in [-0.25, -0.2) is 0 Å². The molecular formula is C52H66N2P2Si2. The van der Waals surface area contributed by atoms with Crippen molar-refractivity contribution < 1.29 is 0 Å². The SMILES string of the molecule is C[Si](C)(C)c1cc(CP(C2C3CC4CC(C3)CC2C4)C2C3CC4CC(C3)CC2C4)c(C(P)(c2ccc3ccccc3n2)c2ccc3ccccc3n2)cc1[Si](C)(C)C. The lowest BCUT2D eigenvalue weighted by Gasteiger charge is -2.62. The zero-order chi connectivity index (χ0) is 39.7. The smallest absolute Gasteiger partial charge is 0.0936 e. The van der Waals surface area contributed by atoms with Crippen molar-refractivity contribution in [3.63, 3.8) is 0 Å². The molecule has 2 nitrogen and oxygen atoms in total. The minimum atomic E-state index is -1.77. The molecule has 8 aliphatic carbocycles. The second-order valence-corrected chi connectivity index (χ2v) is 36.1. The number of hydrogen-bond donors (Lipinski definition) is 0. The molecule has 2 heterocycles. The summed E-state index contributed by atoms with van der Waals surface area (Å²) in [5.74, 6) is 8.01. The predicted octanol–water partition coefficient (Wildman–Crippen LogP) is 12.7. The first-order chi connectivity index (χ1) is 27.8. The third kappa shape index (κ3) is 6.50. The van der Waals surface area contributed by atoms with Gasteiger partial charge in [-0.05, 0) is 164 Å². The van der Waals surface area contributed by atoms with Crippen molar-refractivity contribution in [2.24, 2.45) is 47.3 Å². The molecule has 0 amide bonds. The van der Waals surface area contributed by atoms with Gasteiger partial charge >= 0.3 is 0 Å². The number of pyridine rings is 2. The third-order valence-electron chi connectivity index (χ3n) is 16.8. The van der Waals surface area contributed by atoms with Crippen LogP contribution in [-0.2, 0) is 11.3 Å². The minimum Gasteiger partial charge on any atom is -0.251 e. The van der Waals surface area contributed by atoms with E-state index in [1.165, 1.54) is 22.5 Å². The Morgan fingerprint density at radius 2 is 0.931 bits per heavy atom. The molecule has 1 atom stereocenters. The van der Waals surface area contributed by atoms with Crippen molar-refractivity contribution >= 4 is 65.5 Å². The van der Waals surface area contributed by atoms with Crippen molar-refractivity contribution in [1.82, 2.24) is 9.97 Å². The van der Waals surface area contributed by atoms with E-state index in [0.29, 0.717) is 0 Å². The zero-order valence-corrected chi connectivity index (χ0v) is 40.1. The summed E-state index contributed by atoms with van der Waals surface area (Å²) in [5.41, 5.74) is 9.43. The Morgan fingerprint density at radius 1 is 0.534 bits per heavy atom. The average Bonchev–Trinajstić information content (AvgIpc) is 3.18. The van der Waals surface area contributed by atoms with Gasteiger partial charge in [0.05, 0.1) is 43.7 Å². The summed E-state index contributed by atoms with van der Waals surface area (Å²) in [5, 5.41) is 5.22. The zero-order valence-electron chi connectivity index (χ0n) is 36.1. The quantitative estimate of drug-likeness (QED) is 0.109. The highest BCUT2D eigenvalue weighted by atomic mass is 31.1. The Morgan fingerprint density at radius 3 is 1.34 bits per heavy atom. The molecule has 0 N–H and O–H groups in total. The van der Waals surface area contributed by atoms with Crippen molar-refractivity contribution in [1.29, 1.82) is 0 Å². The number of hydrogen-bond acceptors (Lipinski definition) is 2.